The highest BCUT2D eigenvalue weighted by Crippen LogP contribution is 2.04. The highest BCUT2D eigenvalue weighted by atomic mass is 16.4. The first kappa shape index (κ1) is 11.1. The van der Waals surface area contributed by atoms with Crippen molar-refractivity contribution in [2.45, 2.75) is 13.5 Å². The number of carbonyl (C=O) groups is 1. The minimum atomic E-state index is -0.312. The molecule has 0 atom stereocenters. The van der Waals surface area contributed by atoms with E-state index in [-0.39, 0.29) is 18.1 Å². The van der Waals surface area contributed by atoms with Crippen molar-refractivity contribution in [3.05, 3.63) is 41.9 Å². The molecule has 0 aliphatic heterocycles. The van der Waals surface area contributed by atoms with Crippen molar-refractivity contribution in [3.8, 4) is 0 Å². The minimum absolute atomic E-state index is 0.225. The van der Waals surface area contributed by atoms with E-state index in [4.69, 9.17) is 10.2 Å². The first-order valence-electron chi connectivity index (χ1n) is 5.06. The number of rotatable bonds is 3. The molecule has 0 radical (unpaired) electrons. The van der Waals surface area contributed by atoms with E-state index in [0.29, 0.717) is 17.3 Å². The average molecular weight is 232 g/mol. The number of aromatic nitrogens is 2. The van der Waals surface area contributed by atoms with Crippen molar-refractivity contribution in [2.75, 3.05) is 5.73 Å². The second kappa shape index (κ2) is 4.65. The Bertz CT molecular complexity index is 536. The molecule has 0 saturated carbocycles. The topological polar surface area (TPSA) is 94.0 Å². The van der Waals surface area contributed by atoms with E-state index < -0.39 is 0 Å². The molecule has 0 spiro atoms. The monoisotopic (exact) mass is 232 g/mol. The van der Waals surface area contributed by atoms with Crippen molar-refractivity contribution in [1.29, 1.82) is 0 Å². The van der Waals surface area contributed by atoms with Crippen LogP contribution in [0.3, 0.4) is 0 Å². The molecular formula is C11H12N4O2. The molecule has 0 aromatic carbocycles. The van der Waals surface area contributed by atoms with Crippen LogP contribution in [0.5, 0.6) is 0 Å². The lowest BCUT2D eigenvalue weighted by molar-refractivity contribution is 0.0942. The third-order valence-corrected chi connectivity index (χ3v) is 2.09. The van der Waals surface area contributed by atoms with Gasteiger partial charge in [-0.3, -0.25) is 9.78 Å². The number of pyridine rings is 1. The number of amides is 1. The number of nitrogen functional groups attached to an aromatic ring is 1. The van der Waals surface area contributed by atoms with Gasteiger partial charge in [0.25, 0.3) is 5.91 Å². The maximum Gasteiger partial charge on any atom is 0.270 e. The standard InChI is InChI=1S/C11H12N4O2/c1-7-5-14-10(17-7)6-15-11(16)9-4-8(12)2-3-13-9/h2-5H,6H2,1H3,(H2,12,13)(H,15,16). The van der Waals surface area contributed by atoms with E-state index in [1.807, 2.05) is 0 Å². The molecular weight excluding hydrogens is 220 g/mol. The van der Waals surface area contributed by atoms with Gasteiger partial charge in [0.05, 0.1) is 12.7 Å². The van der Waals surface area contributed by atoms with Gasteiger partial charge < -0.3 is 15.5 Å². The highest BCUT2D eigenvalue weighted by molar-refractivity contribution is 5.92. The predicted molar refractivity (Wildman–Crippen MR) is 61.1 cm³/mol. The summed E-state index contributed by atoms with van der Waals surface area (Å²) >= 11 is 0. The molecule has 3 N–H and O–H groups in total. The fraction of sp³-hybridized carbons (Fsp3) is 0.182. The van der Waals surface area contributed by atoms with Crippen molar-refractivity contribution >= 4 is 11.6 Å². The van der Waals surface area contributed by atoms with Gasteiger partial charge in [0.2, 0.25) is 5.89 Å². The molecule has 0 saturated heterocycles. The van der Waals surface area contributed by atoms with Crippen LogP contribution in [0.25, 0.3) is 0 Å². The van der Waals surface area contributed by atoms with E-state index in [9.17, 15) is 4.79 Å². The van der Waals surface area contributed by atoms with E-state index in [1.54, 1.807) is 19.2 Å². The van der Waals surface area contributed by atoms with Crippen molar-refractivity contribution in [2.24, 2.45) is 0 Å². The van der Waals surface area contributed by atoms with Gasteiger partial charge in [0.1, 0.15) is 11.5 Å². The Balaban J connectivity index is 1.98. The van der Waals surface area contributed by atoms with Gasteiger partial charge in [-0.15, -0.1) is 0 Å². The summed E-state index contributed by atoms with van der Waals surface area (Å²) in [6, 6.07) is 3.13. The molecule has 2 heterocycles. The summed E-state index contributed by atoms with van der Waals surface area (Å²) in [4.78, 5) is 19.6. The summed E-state index contributed by atoms with van der Waals surface area (Å²) in [5.41, 5.74) is 6.33. The molecule has 0 unspecified atom stereocenters. The summed E-state index contributed by atoms with van der Waals surface area (Å²) in [6.45, 7) is 2.01. The Kier molecular flexibility index (Phi) is 3.04. The molecule has 1 amide bonds. The van der Waals surface area contributed by atoms with Crippen LogP contribution in [-0.4, -0.2) is 15.9 Å². The highest BCUT2D eigenvalue weighted by Gasteiger charge is 2.08. The lowest BCUT2D eigenvalue weighted by Gasteiger charge is -2.02. The lowest BCUT2D eigenvalue weighted by atomic mass is 10.3. The Hall–Kier alpha value is -2.37. The molecule has 17 heavy (non-hydrogen) atoms. The van der Waals surface area contributed by atoms with Crippen LogP contribution in [0.1, 0.15) is 22.1 Å². The molecule has 2 aromatic heterocycles. The maximum atomic E-state index is 11.7. The Morgan fingerprint density at radius 1 is 1.53 bits per heavy atom. The number of oxazole rings is 1. The number of anilines is 1. The minimum Gasteiger partial charge on any atom is -0.444 e. The molecule has 0 bridgehead atoms. The number of hydrogen-bond acceptors (Lipinski definition) is 5. The molecule has 0 aliphatic rings. The predicted octanol–water partition coefficient (Wildman–Crippen LogP) is 0.890. The Morgan fingerprint density at radius 3 is 3.00 bits per heavy atom. The Morgan fingerprint density at radius 2 is 2.35 bits per heavy atom. The van der Waals surface area contributed by atoms with E-state index in [2.05, 4.69) is 15.3 Å². The summed E-state index contributed by atoms with van der Waals surface area (Å²) in [5, 5.41) is 2.64. The molecule has 88 valence electrons. The van der Waals surface area contributed by atoms with Crippen LogP contribution < -0.4 is 11.1 Å². The molecule has 6 heteroatoms. The quantitative estimate of drug-likeness (QED) is 0.819. The van der Waals surface area contributed by atoms with Gasteiger partial charge in [0.15, 0.2) is 0 Å². The Labute approximate surface area is 97.9 Å². The zero-order chi connectivity index (χ0) is 12.3. The maximum absolute atomic E-state index is 11.7. The van der Waals surface area contributed by atoms with Gasteiger partial charge in [-0.1, -0.05) is 0 Å². The van der Waals surface area contributed by atoms with Gasteiger partial charge in [-0.05, 0) is 19.1 Å². The summed E-state index contributed by atoms with van der Waals surface area (Å²) < 4.78 is 5.22. The van der Waals surface area contributed by atoms with Crippen LogP contribution in [0.15, 0.2) is 28.9 Å². The van der Waals surface area contributed by atoms with E-state index >= 15 is 0 Å². The summed E-state index contributed by atoms with van der Waals surface area (Å²) in [7, 11) is 0. The number of nitrogens with one attached hydrogen (secondary N) is 1. The molecule has 0 aliphatic carbocycles. The summed E-state index contributed by atoms with van der Waals surface area (Å²) in [5.74, 6) is 0.851. The van der Waals surface area contributed by atoms with Crippen LogP contribution in [-0.2, 0) is 6.54 Å². The smallest absolute Gasteiger partial charge is 0.270 e. The fourth-order valence-electron chi connectivity index (χ4n) is 1.30. The SMILES string of the molecule is Cc1cnc(CNC(=O)c2cc(N)ccn2)o1. The molecule has 2 rings (SSSR count). The molecule has 0 fully saturated rings. The van der Waals surface area contributed by atoms with Crippen molar-refractivity contribution in [1.82, 2.24) is 15.3 Å². The number of nitrogens with zero attached hydrogens (tertiary/aromatic N) is 2. The van der Waals surface area contributed by atoms with Gasteiger partial charge in [-0.2, -0.15) is 0 Å². The van der Waals surface area contributed by atoms with Crippen LogP contribution >= 0.6 is 0 Å². The summed E-state index contributed by atoms with van der Waals surface area (Å²) in [6.07, 6.45) is 3.08. The average Bonchev–Trinajstić information content (AvgIpc) is 2.72. The van der Waals surface area contributed by atoms with Gasteiger partial charge >= 0.3 is 0 Å². The lowest BCUT2D eigenvalue weighted by Crippen LogP contribution is -2.24. The van der Waals surface area contributed by atoms with Crippen molar-refractivity contribution < 1.29 is 9.21 Å². The number of nitrogens with two attached hydrogens (primary N) is 1. The van der Waals surface area contributed by atoms with Gasteiger partial charge in [0, 0.05) is 11.9 Å². The largest absolute Gasteiger partial charge is 0.444 e. The number of aryl methyl sites for hydroxylation is 1. The number of carbonyl (C=O) groups excluding carboxylic acids is 1. The second-order valence-corrected chi connectivity index (χ2v) is 3.52. The fourth-order valence-corrected chi connectivity index (χ4v) is 1.30. The van der Waals surface area contributed by atoms with Crippen molar-refractivity contribution in [3.63, 3.8) is 0 Å². The van der Waals surface area contributed by atoms with Crippen LogP contribution in [0.2, 0.25) is 0 Å². The molecule has 2 aromatic rings. The van der Waals surface area contributed by atoms with E-state index in [1.165, 1.54) is 12.3 Å². The third kappa shape index (κ3) is 2.81. The van der Waals surface area contributed by atoms with Crippen LogP contribution in [0, 0.1) is 6.92 Å². The van der Waals surface area contributed by atoms with Gasteiger partial charge in [-0.25, -0.2) is 4.98 Å². The number of hydrogen-bond donors (Lipinski definition) is 2. The normalized spacial score (nSPS) is 10.2. The second-order valence-electron chi connectivity index (χ2n) is 3.52. The van der Waals surface area contributed by atoms with Crippen LogP contribution in [0.4, 0.5) is 5.69 Å². The zero-order valence-electron chi connectivity index (χ0n) is 9.30. The van der Waals surface area contributed by atoms with E-state index in [0.717, 1.165) is 0 Å². The third-order valence-electron chi connectivity index (χ3n) is 2.09. The molecule has 6 nitrogen and oxygen atoms in total. The first-order chi connectivity index (χ1) is 8.15. The first-order valence-corrected chi connectivity index (χ1v) is 5.06. The zero-order valence-corrected chi connectivity index (χ0v) is 9.30.